The summed E-state index contributed by atoms with van der Waals surface area (Å²) in [6.45, 7) is 8.01. The molecule has 2 rings (SSSR count). The van der Waals surface area contributed by atoms with Crippen LogP contribution in [0.3, 0.4) is 0 Å². The van der Waals surface area contributed by atoms with Gasteiger partial charge < -0.3 is 9.47 Å². The maximum atomic E-state index is 12.3. The van der Waals surface area contributed by atoms with Gasteiger partial charge in [0, 0.05) is 12.0 Å². The van der Waals surface area contributed by atoms with Crippen molar-refractivity contribution in [2.75, 3.05) is 7.11 Å². The summed E-state index contributed by atoms with van der Waals surface area (Å²) in [5.41, 5.74) is -0.112. The van der Waals surface area contributed by atoms with Gasteiger partial charge >= 0.3 is 5.97 Å². The minimum absolute atomic E-state index is 0.302. The van der Waals surface area contributed by atoms with E-state index in [1.165, 1.54) is 7.11 Å². The first-order valence-electron chi connectivity index (χ1n) is 7.06. The first kappa shape index (κ1) is 15.3. The third kappa shape index (κ3) is 3.32. The molecule has 1 atom stereocenters. The summed E-state index contributed by atoms with van der Waals surface area (Å²) in [6.07, 6.45) is 0.951. The van der Waals surface area contributed by atoms with Crippen LogP contribution in [0.5, 0.6) is 0 Å². The first-order chi connectivity index (χ1) is 9.97. The van der Waals surface area contributed by atoms with Crippen molar-refractivity contribution in [3.63, 3.8) is 0 Å². The van der Waals surface area contributed by atoms with Crippen LogP contribution in [0.2, 0.25) is 0 Å². The second kappa shape index (κ2) is 6.12. The van der Waals surface area contributed by atoms with Gasteiger partial charge in [0.25, 0.3) is 0 Å². The topological polar surface area (TPSA) is 47.9 Å². The van der Waals surface area contributed by atoms with E-state index in [4.69, 9.17) is 9.47 Å². The molecular weight excluding hydrogens is 266 g/mol. The second-order valence-corrected chi connectivity index (χ2v) is 5.72. The number of esters is 1. The Hall–Kier alpha value is -2.10. The Morgan fingerprint density at radius 1 is 1.43 bits per heavy atom. The summed E-state index contributed by atoms with van der Waals surface area (Å²) < 4.78 is 10.6. The molecule has 1 aliphatic heterocycles. The molecule has 21 heavy (non-hydrogen) atoms. The lowest BCUT2D eigenvalue weighted by molar-refractivity contribution is -0.148. The zero-order valence-electron chi connectivity index (χ0n) is 12.8. The lowest BCUT2D eigenvalue weighted by Gasteiger charge is -2.33. The Balaban J connectivity index is 2.48. The van der Waals surface area contributed by atoms with Crippen molar-refractivity contribution < 1.29 is 14.3 Å². The smallest absolute Gasteiger partial charge is 0.334 e. The van der Waals surface area contributed by atoms with Gasteiger partial charge in [0.15, 0.2) is 5.54 Å². The molecule has 0 spiro atoms. The lowest BCUT2D eigenvalue weighted by Crippen LogP contribution is -2.43. The van der Waals surface area contributed by atoms with E-state index in [2.05, 4.69) is 25.4 Å². The number of aliphatic imine (C=N–C) groups is 1. The van der Waals surface area contributed by atoms with Gasteiger partial charge in [0.2, 0.25) is 5.90 Å². The Kier molecular flexibility index (Phi) is 4.46. The molecule has 0 N–H and O–H groups in total. The molecule has 0 aliphatic carbocycles. The maximum absolute atomic E-state index is 12.3. The molecule has 0 saturated carbocycles. The SMILES string of the molecule is C=C1CC(CC(C)C)(C(=O)OC)N=C(c2ccccc2)O1. The molecule has 0 amide bonds. The van der Waals surface area contributed by atoms with Gasteiger partial charge in [0.1, 0.15) is 5.76 Å². The van der Waals surface area contributed by atoms with Gasteiger partial charge in [-0.25, -0.2) is 9.79 Å². The highest BCUT2D eigenvalue weighted by Gasteiger charge is 2.44. The summed E-state index contributed by atoms with van der Waals surface area (Å²) in [4.78, 5) is 16.9. The van der Waals surface area contributed by atoms with Crippen molar-refractivity contribution in [1.29, 1.82) is 0 Å². The van der Waals surface area contributed by atoms with Crippen molar-refractivity contribution in [1.82, 2.24) is 0 Å². The number of methoxy groups -OCH3 is 1. The second-order valence-electron chi connectivity index (χ2n) is 5.72. The average Bonchev–Trinajstić information content (AvgIpc) is 2.46. The molecular formula is C17H21NO3. The molecule has 1 aliphatic rings. The standard InChI is InChI=1S/C17H21NO3/c1-12(2)10-17(16(19)20-4)11-13(3)21-15(18-17)14-8-6-5-7-9-14/h5-9,12H,3,10-11H2,1-2,4H3. The number of hydrogen-bond donors (Lipinski definition) is 0. The minimum Gasteiger partial charge on any atom is -0.467 e. The number of carbonyl (C=O) groups is 1. The Labute approximate surface area is 125 Å². The quantitative estimate of drug-likeness (QED) is 0.798. The van der Waals surface area contributed by atoms with Crippen LogP contribution in [0.15, 0.2) is 47.7 Å². The van der Waals surface area contributed by atoms with Crippen LogP contribution in [-0.4, -0.2) is 24.5 Å². The van der Waals surface area contributed by atoms with Crippen molar-refractivity contribution >= 4 is 11.9 Å². The minimum atomic E-state index is -0.941. The average molecular weight is 287 g/mol. The van der Waals surface area contributed by atoms with E-state index in [0.717, 1.165) is 5.56 Å². The number of hydrogen-bond acceptors (Lipinski definition) is 4. The number of nitrogens with zero attached hydrogens (tertiary/aromatic N) is 1. The fraction of sp³-hybridized carbons (Fsp3) is 0.412. The van der Waals surface area contributed by atoms with Gasteiger partial charge in [-0.05, 0) is 24.5 Å². The van der Waals surface area contributed by atoms with E-state index in [-0.39, 0.29) is 5.97 Å². The molecule has 0 aromatic heterocycles. The van der Waals surface area contributed by atoms with Crippen LogP contribution in [0.4, 0.5) is 0 Å². The highest BCUT2D eigenvalue weighted by molar-refractivity contribution is 5.98. The maximum Gasteiger partial charge on any atom is 0.334 e. The summed E-state index contributed by atoms with van der Waals surface area (Å²) in [7, 11) is 1.39. The third-order valence-corrected chi connectivity index (χ3v) is 3.38. The molecule has 0 bridgehead atoms. The molecule has 0 radical (unpaired) electrons. The number of carbonyl (C=O) groups excluding carboxylic acids is 1. The van der Waals surface area contributed by atoms with Crippen LogP contribution in [0.25, 0.3) is 0 Å². The van der Waals surface area contributed by atoms with Crippen LogP contribution in [-0.2, 0) is 14.3 Å². The van der Waals surface area contributed by atoms with E-state index in [1.54, 1.807) is 0 Å². The molecule has 112 valence electrons. The molecule has 0 fully saturated rings. The molecule has 4 nitrogen and oxygen atoms in total. The van der Waals surface area contributed by atoms with E-state index >= 15 is 0 Å². The van der Waals surface area contributed by atoms with Crippen molar-refractivity contribution in [3.05, 3.63) is 48.2 Å². The predicted molar refractivity (Wildman–Crippen MR) is 82.0 cm³/mol. The van der Waals surface area contributed by atoms with E-state index in [9.17, 15) is 4.79 Å². The molecule has 1 aromatic carbocycles. The normalized spacial score (nSPS) is 21.7. The fourth-order valence-corrected chi connectivity index (χ4v) is 2.64. The summed E-state index contributed by atoms with van der Waals surface area (Å²) >= 11 is 0. The molecule has 1 heterocycles. The lowest BCUT2D eigenvalue weighted by atomic mass is 9.85. The number of rotatable bonds is 4. The third-order valence-electron chi connectivity index (χ3n) is 3.38. The van der Waals surface area contributed by atoms with E-state index in [0.29, 0.717) is 30.4 Å². The zero-order valence-corrected chi connectivity index (χ0v) is 12.8. The van der Waals surface area contributed by atoms with Gasteiger partial charge in [-0.3, -0.25) is 0 Å². The highest BCUT2D eigenvalue weighted by Crippen LogP contribution is 2.35. The molecule has 1 aromatic rings. The molecule has 0 saturated heterocycles. The number of benzene rings is 1. The zero-order chi connectivity index (χ0) is 15.5. The van der Waals surface area contributed by atoms with Crippen LogP contribution >= 0.6 is 0 Å². The summed E-state index contributed by atoms with van der Waals surface area (Å²) in [5.74, 6) is 0.928. The highest BCUT2D eigenvalue weighted by atomic mass is 16.5. The predicted octanol–water partition coefficient (Wildman–Crippen LogP) is 3.33. The number of ether oxygens (including phenoxy) is 2. The van der Waals surface area contributed by atoms with Gasteiger partial charge in [-0.1, -0.05) is 38.6 Å². The molecule has 1 unspecified atom stereocenters. The fourth-order valence-electron chi connectivity index (χ4n) is 2.64. The van der Waals surface area contributed by atoms with Gasteiger partial charge in [-0.15, -0.1) is 0 Å². The largest absolute Gasteiger partial charge is 0.467 e. The molecule has 4 heteroatoms. The van der Waals surface area contributed by atoms with Gasteiger partial charge in [0.05, 0.1) is 7.11 Å². The Morgan fingerprint density at radius 3 is 2.67 bits per heavy atom. The van der Waals surface area contributed by atoms with E-state index in [1.807, 2.05) is 30.3 Å². The van der Waals surface area contributed by atoms with Crippen LogP contribution < -0.4 is 0 Å². The monoisotopic (exact) mass is 287 g/mol. The Bertz CT molecular complexity index is 563. The van der Waals surface area contributed by atoms with Crippen LogP contribution in [0.1, 0.15) is 32.3 Å². The van der Waals surface area contributed by atoms with Gasteiger partial charge in [-0.2, -0.15) is 0 Å². The van der Waals surface area contributed by atoms with Crippen molar-refractivity contribution in [3.8, 4) is 0 Å². The van der Waals surface area contributed by atoms with Crippen LogP contribution in [0, 0.1) is 5.92 Å². The first-order valence-corrected chi connectivity index (χ1v) is 7.06. The van der Waals surface area contributed by atoms with Crippen molar-refractivity contribution in [2.24, 2.45) is 10.9 Å². The summed E-state index contributed by atoms with van der Waals surface area (Å²) in [6, 6.07) is 9.52. The Morgan fingerprint density at radius 2 is 2.10 bits per heavy atom. The summed E-state index contributed by atoms with van der Waals surface area (Å²) in [5, 5.41) is 0. The van der Waals surface area contributed by atoms with Crippen molar-refractivity contribution in [2.45, 2.75) is 32.2 Å². The van der Waals surface area contributed by atoms with E-state index < -0.39 is 5.54 Å².